The van der Waals surface area contributed by atoms with Gasteiger partial charge in [-0.1, -0.05) is 13.3 Å². The van der Waals surface area contributed by atoms with Gasteiger partial charge in [-0.3, -0.25) is 9.69 Å². The molecule has 16 heavy (non-hydrogen) atoms. The fourth-order valence-electron chi connectivity index (χ4n) is 2.39. The molecule has 0 aromatic carbocycles. The fourth-order valence-corrected chi connectivity index (χ4v) is 2.81. The van der Waals surface area contributed by atoms with E-state index < -0.39 is 5.97 Å². The quantitative estimate of drug-likeness (QED) is 0.729. The maximum absolute atomic E-state index is 11.2. The number of carboxylic acids is 1. The van der Waals surface area contributed by atoms with E-state index in [1.807, 2.05) is 11.8 Å². The largest absolute Gasteiger partial charge is 0.480 e. The Bertz CT molecular complexity index is 221. The van der Waals surface area contributed by atoms with E-state index in [1.165, 1.54) is 6.42 Å². The SMILES string of the molecule is CCC1CCN(CCCSC)C(C(=O)O)C1. The summed E-state index contributed by atoms with van der Waals surface area (Å²) in [6.07, 6.45) is 6.31. The second kappa shape index (κ2) is 7.17. The second-order valence-electron chi connectivity index (χ2n) is 4.54. The summed E-state index contributed by atoms with van der Waals surface area (Å²) < 4.78 is 0. The van der Waals surface area contributed by atoms with Crippen molar-refractivity contribution in [1.82, 2.24) is 4.90 Å². The van der Waals surface area contributed by atoms with Gasteiger partial charge in [0.25, 0.3) is 0 Å². The lowest BCUT2D eigenvalue weighted by molar-refractivity contribution is -0.145. The van der Waals surface area contributed by atoms with Gasteiger partial charge in [-0.2, -0.15) is 11.8 Å². The van der Waals surface area contributed by atoms with Crippen molar-refractivity contribution in [2.75, 3.05) is 25.1 Å². The fraction of sp³-hybridized carbons (Fsp3) is 0.917. The summed E-state index contributed by atoms with van der Waals surface area (Å²) in [5, 5.41) is 9.23. The predicted molar refractivity (Wildman–Crippen MR) is 69.0 cm³/mol. The normalized spacial score (nSPS) is 26.9. The van der Waals surface area contributed by atoms with Gasteiger partial charge >= 0.3 is 5.97 Å². The highest BCUT2D eigenvalue weighted by atomic mass is 32.2. The third kappa shape index (κ3) is 3.98. The van der Waals surface area contributed by atoms with E-state index in [2.05, 4.69) is 18.1 Å². The number of nitrogens with zero attached hydrogens (tertiary/aromatic N) is 1. The maximum Gasteiger partial charge on any atom is 0.320 e. The van der Waals surface area contributed by atoms with Crippen LogP contribution in [0.4, 0.5) is 0 Å². The minimum Gasteiger partial charge on any atom is -0.480 e. The Morgan fingerprint density at radius 3 is 2.88 bits per heavy atom. The Morgan fingerprint density at radius 2 is 2.31 bits per heavy atom. The highest BCUT2D eigenvalue weighted by Gasteiger charge is 2.31. The summed E-state index contributed by atoms with van der Waals surface area (Å²) in [6.45, 7) is 4.06. The van der Waals surface area contributed by atoms with E-state index in [9.17, 15) is 9.90 Å². The van der Waals surface area contributed by atoms with Crippen LogP contribution in [0.3, 0.4) is 0 Å². The standard InChI is InChI=1S/C12H23NO2S/c1-3-10-5-7-13(6-4-8-16-2)11(9-10)12(14)15/h10-11H,3-9H2,1-2H3,(H,14,15). The minimum absolute atomic E-state index is 0.236. The van der Waals surface area contributed by atoms with Gasteiger partial charge in [-0.05, 0) is 50.3 Å². The number of hydrogen-bond acceptors (Lipinski definition) is 3. The number of carboxylic acid groups (broad SMARTS) is 1. The lowest BCUT2D eigenvalue weighted by atomic mass is 9.89. The van der Waals surface area contributed by atoms with Crippen molar-refractivity contribution in [3.63, 3.8) is 0 Å². The molecule has 1 rings (SSSR count). The molecule has 3 nitrogen and oxygen atoms in total. The number of likely N-dealkylation sites (tertiary alicyclic amines) is 1. The van der Waals surface area contributed by atoms with Crippen LogP contribution in [0.25, 0.3) is 0 Å². The van der Waals surface area contributed by atoms with Gasteiger partial charge in [-0.15, -0.1) is 0 Å². The van der Waals surface area contributed by atoms with Gasteiger partial charge in [0.1, 0.15) is 6.04 Å². The molecule has 0 aromatic heterocycles. The Kier molecular flexibility index (Phi) is 6.21. The van der Waals surface area contributed by atoms with Gasteiger partial charge < -0.3 is 5.11 Å². The van der Waals surface area contributed by atoms with Gasteiger partial charge in [-0.25, -0.2) is 0 Å². The van der Waals surface area contributed by atoms with Crippen molar-refractivity contribution in [2.45, 2.75) is 38.6 Å². The van der Waals surface area contributed by atoms with Crippen LogP contribution in [0.1, 0.15) is 32.6 Å². The van der Waals surface area contributed by atoms with Crippen molar-refractivity contribution >= 4 is 17.7 Å². The zero-order valence-corrected chi connectivity index (χ0v) is 11.1. The predicted octanol–water partition coefficient (Wildman–Crippen LogP) is 2.31. The third-order valence-electron chi connectivity index (χ3n) is 3.48. The topological polar surface area (TPSA) is 40.5 Å². The molecule has 4 heteroatoms. The zero-order chi connectivity index (χ0) is 12.0. The lowest BCUT2D eigenvalue weighted by Gasteiger charge is -2.36. The Morgan fingerprint density at radius 1 is 1.56 bits per heavy atom. The molecule has 0 amide bonds. The van der Waals surface area contributed by atoms with Gasteiger partial charge in [0, 0.05) is 0 Å². The van der Waals surface area contributed by atoms with E-state index in [1.54, 1.807) is 0 Å². The lowest BCUT2D eigenvalue weighted by Crippen LogP contribution is -2.47. The molecule has 2 unspecified atom stereocenters. The van der Waals surface area contributed by atoms with Crippen LogP contribution < -0.4 is 0 Å². The Hall–Kier alpha value is -0.220. The van der Waals surface area contributed by atoms with Crippen molar-refractivity contribution in [1.29, 1.82) is 0 Å². The van der Waals surface area contributed by atoms with E-state index >= 15 is 0 Å². The second-order valence-corrected chi connectivity index (χ2v) is 5.52. The summed E-state index contributed by atoms with van der Waals surface area (Å²) in [5.74, 6) is 1.10. The van der Waals surface area contributed by atoms with Crippen LogP contribution in [0.5, 0.6) is 0 Å². The van der Waals surface area contributed by atoms with E-state index in [4.69, 9.17) is 0 Å². The molecule has 1 aliphatic heterocycles. The smallest absolute Gasteiger partial charge is 0.320 e. The molecule has 1 saturated heterocycles. The number of piperidine rings is 1. The monoisotopic (exact) mass is 245 g/mol. The molecule has 0 bridgehead atoms. The molecular formula is C12H23NO2S. The van der Waals surface area contributed by atoms with Crippen molar-refractivity contribution < 1.29 is 9.90 Å². The van der Waals surface area contributed by atoms with Gasteiger partial charge in [0.15, 0.2) is 0 Å². The molecule has 0 radical (unpaired) electrons. The average Bonchev–Trinajstić information content (AvgIpc) is 2.29. The first-order valence-corrected chi connectivity index (χ1v) is 7.54. The third-order valence-corrected chi connectivity index (χ3v) is 4.18. The number of hydrogen-bond donors (Lipinski definition) is 1. The van der Waals surface area contributed by atoms with Crippen LogP contribution >= 0.6 is 11.8 Å². The molecular weight excluding hydrogens is 222 g/mol. The molecule has 1 heterocycles. The number of carbonyl (C=O) groups is 1. The number of aliphatic carboxylic acids is 1. The van der Waals surface area contributed by atoms with E-state index in [0.29, 0.717) is 5.92 Å². The summed E-state index contributed by atoms with van der Waals surface area (Å²) in [4.78, 5) is 13.4. The van der Waals surface area contributed by atoms with E-state index in [0.717, 1.165) is 38.1 Å². The molecule has 2 atom stereocenters. The van der Waals surface area contributed by atoms with Crippen molar-refractivity contribution in [3.05, 3.63) is 0 Å². The first kappa shape index (κ1) is 13.8. The summed E-state index contributed by atoms with van der Waals surface area (Å²) in [6, 6.07) is -0.236. The molecule has 0 saturated carbocycles. The highest BCUT2D eigenvalue weighted by Crippen LogP contribution is 2.25. The van der Waals surface area contributed by atoms with E-state index in [-0.39, 0.29) is 6.04 Å². The minimum atomic E-state index is -0.637. The number of thioether (sulfide) groups is 1. The van der Waals surface area contributed by atoms with Crippen LogP contribution in [0, 0.1) is 5.92 Å². The van der Waals surface area contributed by atoms with Crippen LogP contribution in [-0.2, 0) is 4.79 Å². The molecule has 1 N–H and O–H groups in total. The maximum atomic E-state index is 11.2. The van der Waals surface area contributed by atoms with Gasteiger partial charge in [0.2, 0.25) is 0 Å². The zero-order valence-electron chi connectivity index (χ0n) is 10.3. The Balaban J connectivity index is 2.45. The summed E-state index contributed by atoms with van der Waals surface area (Å²) in [5.41, 5.74) is 0. The van der Waals surface area contributed by atoms with Crippen LogP contribution in [-0.4, -0.2) is 47.1 Å². The Labute approximate surface area is 103 Å². The van der Waals surface area contributed by atoms with Crippen LogP contribution in [0.15, 0.2) is 0 Å². The molecule has 1 aliphatic rings. The summed E-state index contributed by atoms with van der Waals surface area (Å²) >= 11 is 1.83. The van der Waals surface area contributed by atoms with Crippen molar-refractivity contribution in [2.24, 2.45) is 5.92 Å². The average molecular weight is 245 g/mol. The van der Waals surface area contributed by atoms with Gasteiger partial charge in [0.05, 0.1) is 0 Å². The first-order valence-electron chi connectivity index (χ1n) is 6.14. The highest BCUT2D eigenvalue weighted by molar-refractivity contribution is 7.98. The molecule has 0 spiro atoms. The van der Waals surface area contributed by atoms with Crippen molar-refractivity contribution in [3.8, 4) is 0 Å². The van der Waals surface area contributed by atoms with Crippen LogP contribution in [0.2, 0.25) is 0 Å². The molecule has 0 aliphatic carbocycles. The molecule has 94 valence electrons. The molecule has 0 aromatic rings. The number of rotatable bonds is 6. The molecule has 1 fully saturated rings. The summed E-state index contributed by atoms with van der Waals surface area (Å²) in [7, 11) is 0. The first-order chi connectivity index (χ1) is 7.69.